The molecule has 0 saturated heterocycles. The molecule has 0 radical (unpaired) electrons. The van der Waals surface area contributed by atoms with Crippen LogP contribution in [0.2, 0.25) is 0 Å². The van der Waals surface area contributed by atoms with Gasteiger partial charge < -0.3 is 24.8 Å². The Labute approximate surface area is 223 Å². The van der Waals surface area contributed by atoms with Crippen LogP contribution in [0, 0.1) is 0 Å². The summed E-state index contributed by atoms with van der Waals surface area (Å²) in [6.45, 7) is 8.85. The molecule has 1 aromatic heterocycles. The van der Waals surface area contributed by atoms with Gasteiger partial charge in [-0.15, -0.1) is 0 Å². The Kier molecular flexibility index (Phi) is 8.14. The van der Waals surface area contributed by atoms with Crippen molar-refractivity contribution in [3.05, 3.63) is 83.4 Å². The lowest BCUT2D eigenvalue weighted by Crippen LogP contribution is -2.64. The van der Waals surface area contributed by atoms with Crippen molar-refractivity contribution < 1.29 is 19.1 Å². The standard InChI is InChI=1S/C29H35N5O4/c1-5-15-34-27(36)25-24(26(35)30-16-22-11-13-23(14-12-22)38-20(2)3)32-19-33(25)18-29(34,4)28(37)31-17-21-9-7-6-8-10-21/h6-14,19-20H,5,15-18H2,1-4H3,(H,30,35)(H,31,37)/t29-/m0/s1. The fraction of sp³-hybridized carbons (Fsp3) is 0.379. The summed E-state index contributed by atoms with van der Waals surface area (Å²) in [5.74, 6) is -0.314. The molecule has 2 heterocycles. The molecule has 0 fully saturated rings. The summed E-state index contributed by atoms with van der Waals surface area (Å²) >= 11 is 0. The number of carbonyl (C=O) groups excluding carboxylic acids is 3. The summed E-state index contributed by atoms with van der Waals surface area (Å²) in [6.07, 6.45) is 2.21. The molecule has 9 nitrogen and oxygen atoms in total. The Hall–Kier alpha value is -4.14. The predicted molar refractivity (Wildman–Crippen MR) is 144 cm³/mol. The number of hydrogen-bond acceptors (Lipinski definition) is 5. The number of aromatic nitrogens is 2. The fourth-order valence-electron chi connectivity index (χ4n) is 4.62. The van der Waals surface area contributed by atoms with Crippen LogP contribution in [0.4, 0.5) is 0 Å². The van der Waals surface area contributed by atoms with Crippen molar-refractivity contribution in [1.29, 1.82) is 0 Å². The van der Waals surface area contributed by atoms with E-state index in [-0.39, 0.29) is 42.4 Å². The second-order valence-corrected chi connectivity index (χ2v) is 9.96. The van der Waals surface area contributed by atoms with Crippen LogP contribution in [0.25, 0.3) is 0 Å². The molecule has 4 rings (SSSR count). The van der Waals surface area contributed by atoms with Crippen LogP contribution in [-0.4, -0.2) is 50.4 Å². The summed E-state index contributed by atoms with van der Waals surface area (Å²) in [4.78, 5) is 46.0. The summed E-state index contributed by atoms with van der Waals surface area (Å²) in [5.41, 5.74) is 0.998. The molecule has 2 N–H and O–H groups in total. The van der Waals surface area contributed by atoms with Crippen molar-refractivity contribution in [3.63, 3.8) is 0 Å². The van der Waals surface area contributed by atoms with Crippen molar-refractivity contribution in [2.24, 2.45) is 0 Å². The van der Waals surface area contributed by atoms with Crippen LogP contribution < -0.4 is 15.4 Å². The Bertz CT molecular complexity index is 1290. The van der Waals surface area contributed by atoms with Crippen molar-refractivity contribution in [2.75, 3.05) is 6.54 Å². The van der Waals surface area contributed by atoms with Crippen molar-refractivity contribution in [1.82, 2.24) is 25.1 Å². The molecule has 0 unspecified atom stereocenters. The van der Waals surface area contributed by atoms with E-state index < -0.39 is 11.4 Å². The van der Waals surface area contributed by atoms with Crippen LogP contribution in [0.15, 0.2) is 60.9 Å². The monoisotopic (exact) mass is 517 g/mol. The molecule has 3 amide bonds. The minimum atomic E-state index is -1.12. The molecular weight excluding hydrogens is 482 g/mol. The van der Waals surface area contributed by atoms with Crippen LogP contribution in [-0.2, 0) is 24.4 Å². The number of ether oxygens (including phenoxy) is 1. The minimum Gasteiger partial charge on any atom is -0.491 e. The molecule has 1 aliphatic heterocycles. The number of hydrogen-bond donors (Lipinski definition) is 2. The molecule has 2 aromatic carbocycles. The van der Waals surface area contributed by atoms with E-state index >= 15 is 0 Å². The van der Waals surface area contributed by atoms with E-state index in [4.69, 9.17) is 4.74 Å². The number of rotatable bonds is 10. The highest BCUT2D eigenvalue weighted by Crippen LogP contribution is 2.29. The van der Waals surface area contributed by atoms with E-state index in [0.29, 0.717) is 19.5 Å². The van der Waals surface area contributed by atoms with Crippen molar-refractivity contribution in [2.45, 2.75) is 65.4 Å². The molecule has 0 spiro atoms. The summed E-state index contributed by atoms with van der Waals surface area (Å²) in [7, 11) is 0. The molecule has 200 valence electrons. The number of nitrogens with one attached hydrogen (secondary N) is 2. The second kappa shape index (κ2) is 11.5. The van der Waals surface area contributed by atoms with Crippen molar-refractivity contribution in [3.8, 4) is 5.75 Å². The Morgan fingerprint density at radius 2 is 1.68 bits per heavy atom. The molecule has 1 atom stereocenters. The molecule has 1 aliphatic rings. The number of benzene rings is 2. The molecule has 0 saturated carbocycles. The van der Waals surface area contributed by atoms with E-state index in [9.17, 15) is 14.4 Å². The Balaban J connectivity index is 1.49. The predicted octanol–water partition coefficient (Wildman–Crippen LogP) is 3.54. The van der Waals surface area contributed by atoms with E-state index in [2.05, 4.69) is 15.6 Å². The van der Waals surface area contributed by atoms with Gasteiger partial charge in [0.1, 0.15) is 17.0 Å². The van der Waals surface area contributed by atoms with E-state index in [1.807, 2.05) is 75.4 Å². The maximum atomic E-state index is 13.7. The second-order valence-electron chi connectivity index (χ2n) is 9.96. The first-order valence-corrected chi connectivity index (χ1v) is 13.0. The average molecular weight is 518 g/mol. The van der Waals surface area contributed by atoms with Gasteiger partial charge in [-0.05, 0) is 50.5 Å². The van der Waals surface area contributed by atoms with Gasteiger partial charge in [-0.2, -0.15) is 0 Å². The first-order valence-electron chi connectivity index (χ1n) is 13.0. The third-order valence-corrected chi connectivity index (χ3v) is 6.55. The van der Waals surface area contributed by atoms with Crippen LogP contribution >= 0.6 is 0 Å². The quantitative estimate of drug-likeness (QED) is 0.428. The highest BCUT2D eigenvalue weighted by atomic mass is 16.5. The molecule has 38 heavy (non-hydrogen) atoms. The van der Waals surface area contributed by atoms with Gasteiger partial charge in [0.05, 0.1) is 19.0 Å². The van der Waals surface area contributed by atoms with Crippen molar-refractivity contribution >= 4 is 17.7 Å². The summed E-state index contributed by atoms with van der Waals surface area (Å²) < 4.78 is 7.27. The summed E-state index contributed by atoms with van der Waals surface area (Å²) in [5, 5.41) is 5.83. The highest BCUT2D eigenvalue weighted by Gasteiger charge is 2.48. The zero-order chi connectivity index (χ0) is 27.3. The number of imidazole rings is 1. The topological polar surface area (TPSA) is 106 Å². The molecule has 0 aliphatic carbocycles. The number of nitrogens with zero attached hydrogens (tertiary/aromatic N) is 3. The minimum absolute atomic E-state index is 0.0580. The number of amides is 3. The van der Waals surface area contributed by atoms with Gasteiger partial charge in [0, 0.05) is 19.6 Å². The third kappa shape index (κ3) is 5.72. The van der Waals surface area contributed by atoms with Crippen LogP contribution in [0.5, 0.6) is 5.75 Å². The van der Waals surface area contributed by atoms with Gasteiger partial charge in [-0.1, -0.05) is 49.4 Å². The SMILES string of the molecule is CCCN1C(=O)c2c(C(=O)NCc3ccc(OC(C)C)cc3)ncn2C[C@@]1(C)C(=O)NCc1ccccc1. The first-order chi connectivity index (χ1) is 18.2. The molecule has 3 aromatic rings. The van der Waals surface area contributed by atoms with Gasteiger partial charge in [0.25, 0.3) is 11.8 Å². The Morgan fingerprint density at radius 3 is 2.34 bits per heavy atom. The van der Waals surface area contributed by atoms with Gasteiger partial charge in [-0.3, -0.25) is 14.4 Å². The first kappa shape index (κ1) is 26.9. The van der Waals surface area contributed by atoms with Crippen LogP contribution in [0.1, 0.15) is 66.2 Å². The maximum absolute atomic E-state index is 13.7. The van der Waals surface area contributed by atoms with Crippen LogP contribution in [0.3, 0.4) is 0 Å². The van der Waals surface area contributed by atoms with E-state index in [1.165, 1.54) is 6.33 Å². The van der Waals surface area contributed by atoms with Gasteiger partial charge in [-0.25, -0.2) is 4.98 Å². The maximum Gasteiger partial charge on any atom is 0.273 e. The Morgan fingerprint density at radius 1 is 1.03 bits per heavy atom. The van der Waals surface area contributed by atoms with Gasteiger partial charge >= 0.3 is 0 Å². The molecule has 0 bridgehead atoms. The zero-order valence-electron chi connectivity index (χ0n) is 22.4. The number of fused-ring (bicyclic) bond motifs is 1. The fourth-order valence-corrected chi connectivity index (χ4v) is 4.62. The molecular formula is C29H35N5O4. The van der Waals surface area contributed by atoms with Gasteiger partial charge in [0.2, 0.25) is 5.91 Å². The van der Waals surface area contributed by atoms with E-state index in [1.54, 1.807) is 16.4 Å². The third-order valence-electron chi connectivity index (χ3n) is 6.55. The number of carbonyl (C=O) groups is 3. The summed E-state index contributed by atoms with van der Waals surface area (Å²) in [6, 6.07) is 17.1. The largest absolute Gasteiger partial charge is 0.491 e. The van der Waals surface area contributed by atoms with Gasteiger partial charge in [0.15, 0.2) is 5.69 Å². The zero-order valence-corrected chi connectivity index (χ0v) is 22.4. The smallest absolute Gasteiger partial charge is 0.273 e. The average Bonchev–Trinajstić information content (AvgIpc) is 3.33. The molecule has 9 heteroatoms. The normalized spacial score (nSPS) is 16.8. The lowest BCUT2D eigenvalue weighted by molar-refractivity contribution is -0.133. The lowest BCUT2D eigenvalue weighted by Gasteiger charge is -2.43. The lowest BCUT2D eigenvalue weighted by atomic mass is 9.94. The van der Waals surface area contributed by atoms with E-state index in [0.717, 1.165) is 16.9 Å². The highest BCUT2D eigenvalue weighted by molar-refractivity contribution is 6.07.